The van der Waals surface area contributed by atoms with Crippen LogP contribution in [0.1, 0.15) is 16.7 Å². The maximum absolute atomic E-state index is 6.18. The zero-order chi connectivity index (χ0) is 18.3. The molecule has 0 aliphatic carbocycles. The molecule has 0 aliphatic heterocycles. The molecule has 4 rings (SSSR count). The summed E-state index contributed by atoms with van der Waals surface area (Å²) in [6.07, 6.45) is 3.65. The van der Waals surface area contributed by atoms with Gasteiger partial charge >= 0.3 is 0 Å². The molecule has 1 aromatic heterocycles. The summed E-state index contributed by atoms with van der Waals surface area (Å²) < 4.78 is 6.18. The Bertz CT molecular complexity index is 1000. The summed E-state index contributed by atoms with van der Waals surface area (Å²) in [5.74, 6) is 0.930. The minimum absolute atomic E-state index is 0.566. The Morgan fingerprint density at radius 3 is 2.33 bits per heavy atom. The number of ether oxygens (including phenoxy) is 1. The van der Waals surface area contributed by atoms with Crippen molar-refractivity contribution in [2.45, 2.75) is 19.7 Å². The zero-order valence-corrected chi connectivity index (χ0v) is 15.1. The molecule has 27 heavy (non-hydrogen) atoms. The molecule has 0 atom stereocenters. The molecule has 3 heteroatoms. The third-order valence-electron chi connectivity index (χ3n) is 4.62. The smallest absolute Gasteiger partial charge is 0.124 e. The van der Waals surface area contributed by atoms with Crippen molar-refractivity contribution in [3.05, 3.63) is 108 Å². The second-order valence-corrected chi connectivity index (χ2v) is 6.50. The van der Waals surface area contributed by atoms with Crippen molar-refractivity contribution >= 4 is 10.8 Å². The lowest BCUT2D eigenvalue weighted by Gasteiger charge is -2.15. The van der Waals surface area contributed by atoms with E-state index in [1.807, 2.05) is 42.7 Å². The highest BCUT2D eigenvalue weighted by Crippen LogP contribution is 2.29. The average molecular weight is 354 g/mol. The van der Waals surface area contributed by atoms with Gasteiger partial charge in [0.2, 0.25) is 0 Å². The van der Waals surface area contributed by atoms with Crippen molar-refractivity contribution in [2.75, 3.05) is 0 Å². The summed E-state index contributed by atoms with van der Waals surface area (Å²) in [6.45, 7) is 2.11. The van der Waals surface area contributed by atoms with E-state index in [2.05, 4.69) is 58.8 Å². The Morgan fingerprint density at radius 1 is 0.704 bits per heavy atom. The maximum atomic E-state index is 6.18. The number of rotatable bonds is 7. The van der Waals surface area contributed by atoms with E-state index in [1.165, 1.54) is 27.5 Å². The maximum Gasteiger partial charge on any atom is 0.124 e. The predicted molar refractivity (Wildman–Crippen MR) is 110 cm³/mol. The lowest BCUT2D eigenvalue weighted by molar-refractivity contribution is 0.302. The molecule has 0 fully saturated rings. The van der Waals surface area contributed by atoms with Gasteiger partial charge in [-0.1, -0.05) is 60.7 Å². The zero-order valence-electron chi connectivity index (χ0n) is 15.1. The highest BCUT2D eigenvalue weighted by atomic mass is 16.5. The third kappa shape index (κ3) is 4.33. The topological polar surface area (TPSA) is 34.1 Å². The van der Waals surface area contributed by atoms with Crippen LogP contribution >= 0.6 is 0 Å². The first-order valence-electron chi connectivity index (χ1n) is 9.17. The first-order chi connectivity index (χ1) is 13.4. The van der Waals surface area contributed by atoms with Crippen LogP contribution in [0.5, 0.6) is 5.75 Å². The molecule has 3 nitrogen and oxygen atoms in total. The molecule has 1 N–H and O–H groups in total. The molecule has 0 saturated heterocycles. The van der Waals surface area contributed by atoms with Gasteiger partial charge in [-0.25, -0.2) is 0 Å². The quantitative estimate of drug-likeness (QED) is 0.501. The van der Waals surface area contributed by atoms with Crippen molar-refractivity contribution in [1.29, 1.82) is 0 Å². The van der Waals surface area contributed by atoms with Gasteiger partial charge in [-0.05, 0) is 40.1 Å². The Labute approximate surface area is 159 Å². The fourth-order valence-electron chi connectivity index (χ4n) is 3.20. The molecule has 3 aromatic carbocycles. The van der Waals surface area contributed by atoms with Crippen molar-refractivity contribution in [3.63, 3.8) is 0 Å². The minimum Gasteiger partial charge on any atom is -0.489 e. The van der Waals surface area contributed by atoms with Gasteiger partial charge in [0.1, 0.15) is 12.4 Å². The fraction of sp³-hybridized carbons (Fsp3) is 0.125. The van der Waals surface area contributed by atoms with Crippen LogP contribution in [0.15, 0.2) is 91.3 Å². The Morgan fingerprint density at radius 2 is 1.48 bits per heavy atom. The minimum atomic E-state index is 0.566. The Hall–Kier alpha value is -3.17. The highest BCUT2D eigenvalue weighted by Gasteiger charge is 2.09. The SMILES string of the molecule is c1ccc(COc2ccc3ccccc3c2CNCc2ccncc2)cc1. The van der Waals surface area contributed by atoms with E-state index in [-0.39, 0.29) is 0 Å². The third-order valence-corrected chi connectivity index (χ3v) is 4.62. The lowest BCUT2D eigenvalue weighted by Crippen LogP contribution is -2.14. The molecule has 0 bridgehead atoms. The average Bonchev–Trinajstić information content (AvgIpc) is 2.74. The van der Waals surface area contributed by atoms with Crippen LogP contribution in [0.4, 0.5) is 0 Å². The number of benzene rings is 3. The second kappa shape index (κ2) is 8.47. The van der Waals surface area contributed by atoms with Crippen LogP contribution in [0.25, 0.3) is 10.8 Å². The molecular weight excluding hydrogens is 332 g/mol. The number of nitrogens with one attached hydrogen (secondary N) is 1. The van der Waals surface area contributed by atoms with E-state index < -0.39 is 0 Å². The summed E-state index contributed by atoms with van der Waals surface area (Å²) in [5.41, 5.74) is 3.58. The summed E-state index contributed by atoms with van der Waals surface area (Å²) in [4.78, 5) is 4.07. The predicted octanol–water partition coefficient (Wildman–Crippen LogP) is 5.10. The first kappa shape index (κ1) is 17.3. The van der Waals surface area contributed by atoms with Gasteiger partial charge < -0.3 is 10.1 Å². The van der Waals surface area contributed by atoms with Gasteiger partial charge in [0.25, 0.3) is 0 Å². The van der Waals surface area contributed by atoms with Crippen LogP contribution in [0, 0.1) is 0 Å². The molecule has 4 aromatic rings. The Balaban J connectivity index is 1.55. The lowest BCUT2D eigenvalue weighted by atomic mass is 10.0. The molecule has 0 aliphatic rings. The van der Waals surface area contributed by atoms with Crippen LogP contribution in [0.3, 0.4) is 0 Å². The summed E-state index contributed by atoms with van der Waals surface area (Å²) >= 11 is 0. The van der Waals surface area contributed by atoms with Gasteiger partial charge in [-0.15, -0.1) is 0 Å². The van der Waals surface area contributed by atoms with Gasteiger partial charge in [-0.3, -0.25) is 4.98 Å². The van der Waals surface area contributed by atoms with Crippen molar-refractivity contribution < 1.29 is 4.74 Å². The van der Waals surface area contributed by atoms with Crippen LogP contribution in [-0.4, -0.2) is 4.98 Å². The summed E-state index contributed by atoms with van der Waals surface area (Å²) in [6, 6.07) is 27.0. The van der Waals surface area contributed by atoms with Crippen molar-refractivity contribution in [1.82, 2.24) is 10.3 Å². The normalized spacial score (nSPS) is 10.8. The largest absolute Gasteiger partial charge is 0.489 e. The van der Waals surface area contributed by atoms with Crippen LogP contribution in [-0.2, 0) is 19.7 Å². The number of hydrogen-bond donors (Lipinski definition) is 1. The molecule has 0 unspecified atom stereocenters. The second-order valence-electron chi connectivity index (χ2n) is 6.50. The summed E-state index contributed by atoms with van der Waals surface area (Å²) in [5, 5.41) is 6.00. The van der Waals surface area contributed by atoms with E-state index in [9.17, 15) is 0 Å². The van der Waals surface area contributed by atoms with E-state index >= 15 is 0 Å². The number of fused-ring (bicyclic) bond motifs is 1. The van der Waals surface area contributed by atoms with Gasteiger partial charge in [-0.2, -0.15) is 0 Å². The van der Waals surface area contributed by atoms with Gasteiger partial charge in [0.15, 0.2) is 0 Å². The van der Waals surface area contributed by atoms with E-state index in [4.69, 9.17) is 4.74 Å². The van der Waals surface area contributed by atoms with Crippen LogP contribution in [0.2, 0.25) is 0 Å². The van der Waals surface area contributed by atoms with Crippen molar-refractivity contribution in [2.24, 2.45) is 0 Å². The molecule has 0 amide bonds. The number of pyridine rings is 1. The van der Waals surface area contributed by atoms with Crippen LogP contribution < -0.4 is 10.1 Å². The molecule has 1 heterocycles. The van der Waals surface area contributed by atoms with E-state index in [1.54, 1.807) is 0 Å². The number of aromatic nitrogens is 1. The molecular formula is C24H22N2O. The molecule has 134 valence electrons. The highest BCUT2D eigenvalue weighted by molar-refractivity contribution is 5.87. The summed E-state index contributed by atoms with van der Waals surface area (Å²) in [7, 11) is 0. The number of nitrogens with zero attached hydrogens (tertiary/aromatic N) is 1. The van der Waals surface area contributed by atoms with Gasteiger partial charge in [0.05, 0.1) is 0 Å². The Kier molecular flexibility index (Phi) is 5.42. The van der Waals surface area contributed by atoms with Crippen molar-refractivity contribution in [3.8, 4) is 5.75 Å². The standard InChI is InChI=1S/C24H22N2O/c1-2-6-20(7-3-1)18-27-24-11-10-21-8-4-5-9-22(21)23(24)17-26-16-19-12-14-25-15-13-19/h1-15,26H,16-18H2. The molecule has 0 spiro atoms. The number of hydrogen-bond acceptors (Lipinski definition) is 3. The molecule has 0 saturated carbocycles. The van der Waals surface area contributed by atoms with Gasteiger partial charge in [0, 0.05) is 31.0 Å². The van der Waals surface area contributed by atoms with E-state index in [0.29, 0.717) is 6.61 Å². The fourth-order valence-corrected chi connectivity index (χ4v) is 3.20. The van der Waals surface area contributed by atoms with E-state index in [0.717, 1.165) is 18.8 Å². The monoisotopic (exact) mass is 354 g/mol. The first-order valence-corrected chi connectivity index (χ1v) is 9.17. The molecule has 0 radical (unpaired) electrons.